The topological polar surface area (TPSA) is 42.0 Å². The van der Waals surface area contributed by atoms with Gasteiger partial charge in [0, 0.05) is 18.1 Å². The minimum atomic E-state index is -0.0714. The number of amides is 1. The van der Waals surface area contributed by atoms with Gasteiger partial charge in [0.15, 0.2) is 0 Å². The van der Waals surface area contributed by atoms with E-state index in [4.69, 9.17) is 11.6 Å². The molecule has 1 heterocycles. The average molecular weight is 289 g/mol. The van der Waals surface area contributed by atoms with E-state index in [1.807, 2.05) is 24.3 Å². The first kappa shape index (κ1) is 13.4. The second kappa shape index (κ2) is 5.41. The van der Waals surface area contributed by atoms with Crippen molar-refractivity contribution < 1.29 is 4.79 Å². The van der Waals surface area contributed by atoms with Crippen molar-refractivity contribution in [2.24, 2.45) is 11.8 Å². The predicted molar refractivity (Wildman–Crippen MR) is 81.0 cm³/mol. The first-order valence-electron chi connectivity index (χ1n) is 6.98. The van der Waals surface area contributed by atoms with Gasteiger partial charge in [0.1, 0.15) is 5.15 Å². The van der Waals surface area contributed by atoms with Crippen LogP contribution in [-0.2, 0) is 0 Å². The third-order valence-electron chi connectivity index (χ3n) is 4.00. The van der Waals surface area contributed by atoms with Crippen molar-refractivity contribution in [2.75, 3.05) is 6.54 Å². The van der Waals surface area contributed by atoms with Gasteiger partial charge < -0.3 is 5.32 Å². The summed E-state index contributed by atoms with van der Waals surface area (Å²) in [4.78, 5) is 16.4. The molecule has 1 amide bonds. The molecule has 1 saturated carbocycles. The lowest BCUT2D eigenvalue weighted by atomic mass is 10.1. The van der Waals surface area contributed by atoms with Crippen molar-refractivity contribution >= 4 is 28.3 Å². The highest BCUT2D eigenvalue weighted by molar-refractivity contribution is 6.34. The van der Waals surface area contributed by atoms with Gasteiger partial charge in [-0.25, -0.2) is 4.98 Å². The van der Waals surface area contributed by atoms with Crippen LogP contribution in [0.3, 0.4) is 0 Å². The van der Waals surface area contributed by atoms with Crippen LogP contribution in [-0.4, -0.2) is 17.4 Å². The van der Waals surface area contributed by atoms with Crippen LogP contribution < -0.4 is 5.32 Å². The summed E-state index contributed by atoms with van der Waals surface area (Å²) in [5.41, 5.74) is 0.591. The molecule has 1 aromatic heterocycles. The van der Waals surface area contributed by atoms with Gasteiger partial charge in [-0.1, -0.05) is 42.8 Å². The van der Waals surface area contributed by atoms with Crippen molar-refractivity contribution in [3.8, 4) is 0 Å². The summed E-state index contributed by atoms with van der Waals surface area (Å²) in [5, 5.41) is 5.11. The van der Waals surface area contributed by atoms with Crippen LogP contribution in [0.1, 0.15) is 30.1 Å². The monoisotopic (exact) mass is 288 g/mol. The smallest absolute Gasteiger partial charge is 0.253 e. The Hall–Kier alpha value is -1.61. The van der Waals surface area contributed by atoms with E-state index in [2.05, 4.69) is 17.2 Å². The van der Waals surface area contributed by atoms with Crippen LogP contribution in [0, 0.1) is 11.8 Å². The zero-order valence-electron chi connectivity index (χ0n) is 11.4. The summed E-state index contributed by atoms with van der Waals surface area (Å²) in [6, 6.07) is 7.59. The predicted octanol–water partition coefficient (Wildman–Crippen LogP) is 3.66. The first-order chi connectivity index (χ1) is 9.66. The highest BCUT2D eigenvalue weighted by Gasteiger charge is 2.28. The minimum absolute atomic E-state index is 0.0714. The Morgan fingerprint density at radius 2 is 2.10 bits per heavy atom. The van der Waals surface area contributed by atoms with Gasteiger partial charge in [-0.2, -0.15) is 0 Å². The molecule has 1 N–H and O–H groups in total. The Kier molecular flexibility index (Phi) is 3.62. The number of hydrogen-bond donors (Lipinski definition) is 1. The number of benzene rings is 1. The van der Waals surface area contributed by atoms with E-state index in [1.165, 1.54) is 12.8 Å². The summed E-state index contributed by atoms with van der Waals surface area (Å²) >= 11 is 6.07. The third kappa shape index (κ3) is 2.63. The fourth-order valence-electron chi connectivity index (χ4n) is 2.52. The molecule has 1 atom stereocenters. The minimum Gasteiger partial charge on any atom is -0.352 e. The van der Waals surface area contributed by atoms with Crippen molar-refractivity contribution in [1.29, 1.82) is 0 Å². The number of pyridine rings is 1. The Balaban J connectivity index is 1.82. The summed E-state index contributed by atoms with van der Waals surface area (Å²) in [5.74, 6) is 1.26. The van der Waals surface area contributed by atoms with E-state index in [9.17, 15) is 4.79 Å². The van der Waals surface area contributed by atoms with E-state index < -0.39 is 0 Å². The molecule has 3 nitrogen and oxygen atoms in total. The van der Waals surface area contributed by atoms with Crippen LogP contribution in [0.2, 0.25) is 5.15 Å². The SMILES string of the molecule is CC(CNC(=O)c1cnc(Cl)c2ccccc12)C1CC1. The molecule has 104 valence electrons. The molecule has 1 unspecified atom stereocenters. The van der Waals surface area contributed by atoms with Gasteiger partial charge >= 0.3 is 0 Å². The number of fused-ring (bicyclic) bond motifs is 1. The molecule has 20 heavy (non-hydrogen) atoms. The fraction of sp³-hybridized carbons (Fsp3) is 0.375. The van der Waals surface area contributed by atoms with Gasteiger partial charge in [0.05, 0.1) is 5.56 Å². The first-order valence-corrected chi connectivity index (χ1v) is 7.36. The molecule has 1 aliphatic rings. The van der Waals surface area contributed by atoms with Crippen molar-refractivity contribution in [3.05, 3.63) is 41.2 Å². The zero-order chi connectivity index (χ0) is 14.1. The standard InChI is InChI=1S/C16H17ClN2O/c1-10(11-6-7-11)8-19-16(20)14-9-18-15(17)13-5-3-2-4-12(13)14/h2-5,9-11H,6-8H2,1H3,(H,19,20). The third-order valence-corrected chi connectivity index (χ3v) is 4.30. The highest BCUT2D eigenvalue weighted by atomic mass is 35.5. The maximum absolute atomic E-state index is 12.3. The van der Waals surface area contributed by atoms with Crippen molar-refractivity contribution in [3.63, 3.8) is 0 Å². The van der Waals surface area contributed by atoms with E-state index in [-0.39, 0.29) is 5.91 Å². The van der Waals surface area contributed by atoms with Gasteiger partial charge in [-0.05, 0) is 30.1 Å². The molecule has 1 fully saturated rings. The number of hydrogen-bond acceptors (Lipinski definition) is 2. The highest BCUT2D eigenvalue weighted by Crippen LogP contribution is 2.36. The molecule has 2 aromatic rings. The molecule has 0 radical (unpaired) electrons. The Morgan fingerprint density at radius 3 is 2.80 bits per heavy atom. The molecule has 0 spiro atoms. The van der Waals surface area contributed by atoms with Crippen LogP contribution in [0.5, 0.6) is 0 Å². The second-order valence-corrected chi connectivity index (χ2v) is 5.89. The number of nitrogens with zero attached hydrogens (tertiary/aromatic N) is 1. The number of aromatic nitrogens is 1. The molecule has 0 saturated heterocycles. The molecule has 0 bridgehead atoms. The maximum Gasteiger partial charge on any atom is 0.253 e. The zero-order valence-corrected chi connectivity index (χ0v) is 12.2. The van der Waals surface area contributed by atoms with Crippen LogP contribution in [0.4, 0.5) is 0 Å². The number of nitrogens with one attached hydrogen (secondary N) is 1. The number of carbonyl (C=O) groups is 1. The lowest BCUT2D eigenvalue weighted by Crippen LogP contribution is -2.29. The normalized spacial score (nSPS) is 16.1. The molecule has 3 rings (SSSR count). The summed E-state index contributed by atoms with van der Waals surface area (Å²) in [6.45, 7) is 2.91. The average Bonchev–Trinajstić information content (AvgIpc) is 3.30. The van der Waals surface area contributed by atoms with Gasteiger partial charge in [0.25, 0.3) is 5.91 Å². The van der Waals surface area contributed by atoms with Gasteiger partial charge in [-0.15, -0.1) is 0 Å². The molecule has 4 heteroatoms. The summed E-state index contributed by atoms with van der Waals surface area (Å²) < 4.78 is 0. The van der Waals surface area contributed by atoms with Crippen molar-refractivity contribution in [2.45, 2.75) is 19.8 Å². The van der Waals surface area contributed by atoms with E-state index in [1.54, 1.807) is 6.20 Å². The Labute approximate surface area is 123 Å². The van der Waals surface area contributed by atoms with Crippen LogP contribution >= 0.6 is 11.6 Å². The van der Waals surface area contributed by atoms with Crippen molar-refractivity contribution in [1.82, 2.24) is 10.3 Å². The van der Waals surface area contributed by atoms with Crippen LogP contribution in [0.25, 0.3) is 10.8 Å². The lowest BCUT2D eigenvalue weighted by Gasteiger charge is -2.12. The number of rotatable bonds is 4. The van der Waals surface area contributed by atoms with E-state index >= 15 is 0 Å². The fourth-order valence-corrected chi connectivity index (χ4v) is 2.73. The largest absolute Gasteiger partial charge is 0.352 e. The Bertz CT molecular complexity index is 652. The van der Waals surface area contributed by atoms with Gasteiger partial charge in [0.2, 0.25) is 0 Å². The molecular weight excluding hydrogens is 272 g/mol. The summed E-state index contributed by atoms with van der Waals surface area (Å²) in [7, 11) is 0. The quantitative estimate of drug-likeness (QED) is 0.872. The van der Waals surface area contributed by atoms with E-state index in [0.717, 1.165) is 23.2 Å². The molecule has 0 aliphatic heterocycles. The summed E-state index contributed by atoms with van der Waals surface area (Å²) in [6.07, 6.45) is 4.15. The molecular formula is C16H17ClN2O. The Morgan fingerprint density at radius 1 is 1.40 bits per heavy atom. The second-order valence-electron chi connectivity index (χ2n) is 5.53. The van der Waals surface area contributed by atoms with E-state index in [0.29, 0.717) is 16.6 Å². The molecule has 1 aliphatic carbocycles. The lowest BCUT2D eigenvalue weighted by molar-refractivity contribution is 0.0948. The van der Waals surface area contributed by atoms with Crippen LogP contribution in [0.15, 0.2) is 30.5 Å². The maximum atomic E-state index is 12.3. The molecule has 1 aromatic carbocycles. The number of carbonyl (C=O) groups excluding carboxylic acids is 1. The number of halogens is 1. The van der Waals surface area contributed by atoms with Gasteiger partial charge in [-0.3, -0.25) is 4.79 Å².